The second kappa shape index (κ2) is 6.83. The summed E-state index contributed by atoms with van der Waals surface area (Å²) >= 11 is 0. The van der Waals surface area contributed by atoms with Gasteiger partial charge in [0, 0.05) is 22.5 Å². The van der Waals surface area contributed by atoms with Gasteiger partial charge in [-0.25, -0.2) is 0 Å². The van der Waals surface area contributed by atoms with Gasteiger partial charge in [0.2, 0.25) is 12.6 Å². The molecule has 0 saturated carbocycles. The van der Waals surface area contributed by atoms with Gasteiger partial charge in [-0.1, -0.05) is 12.1 Å². The van der Waals surface area contributed by atoms with Crippen LogP contribution in [0.4, 0.5) is 13.2 Å². The standard InChI is InChI=1S/C19H15F3N2O3/c1-11-6-15(12(2)24(11)9-19(20,21)22)17(25)14(8-23)7-13-4-3-5-16-18(13)27-10-26-16/h3-7H,9-10H2,1-2H3/b14-7+. The number of hydrogen-bond donors (Lipinski definition) is 0. The molecule has 0 amide bonds. The number of ether oxygens (including phenoxy) is 2. The van der Waals surface area contributed by atoms with E-state index < -0.39 is 18.5 Å². The molecule has 0 saturated heterocycles. The van der Waals surface area contributed by atoms with E-state index in [-0.39, 0.29) is 23.6 Å². The quantitative estimate of drug-likeness (QED) is 0.456. The van der Waals surface area contributed by atoms with Crippen LogP contribution < -0.4 is 9.47 Å². The van der Waals surface area contributed by atoms with Crippen LogP contribution in [0.2, 0.25) is 0 Å². The fraction of sp³-hybridized carbons (Fsp3) is 0.263. The van der Waals surface area contributed by atoms with Crippen molar-refractivity contribution < 1.29 is 27.4 Å². The van der Waals surface area contributed by atoms with Crippen molar-refractivity contribution in [3.05, 3.63) is 52.4 Å². The number of hydrogen-bond acceptors (Lipinski definition) is 4. The number of fused-ring (bicyclic) bond motifs is 1. The minimum atomic E-state index is -4.41. The van der Waals surface area contributed by atoms with Crippen LogP contribution in [0.3, 0.4) is 0 Å². The summed E-state index contributed by atoms with van der Waals surface area (Å²) in [6, 6.07) is 8.23. The number of alkyl halides is 3. The molecule has 5 nitrogen and oxygen atoms in total. The van der Waals surface area contributed by atoms with Gasteiger partial charge in [0.15, 0.2) is 11.5 Å². The lowest BCUT2D eigenvalue weighted by molar-refractivity contribution is -0.141. The lowest BCUT2D eigenvalue weighted by atomic mass is 10.0. The van der Waals surface area contributed by atoms with Crippen molar-refractivity contribution in [1.82, 2.24) is 4.57 Å². The molecule has 1 aromatic carbocycles. The number of allylic oxidation sites excluding steroid dienone is 1. The van der Waals surface area contributed by atoms with Crippen LogP contribution in [-0.2, 0) is 6.54 Å². The Bertz CT molecular complexity index is 981. The second-order valence-electron chi connectivity index (χ2n) is 6.07. The normalized spacial score (nSPS) is 13.6. The van der Waals surface area contributed by atoms with Crippen molar-refractivity contribution in [3.8, 4) is 17.6 Å². The smallest absolute Gasteiger partial charge is 0.406 e. The van der Waals surface area contributed by atoms with E-state index in [1.807, 2.05) is 6.07 Å². The first-order valence-electron chi connectivity index (χ1n) is 8.00. The third-order valence-corrected chi connectivity index (χ3v) is 4.25. The Labute approximate surface area is 153 Å². The summed E-state index contributed by atoms with van der Waals surface area (Å²) in [5.41, 5.74) is 0.802. The van der Waals surface area contributed by atoms with E-state index in [0.717, 1.165) is 4.57 Å². The molecule has 1 aliphatic rings. The zero-order valence-electron chi connectivity index (χ0n) is 14.6. The first kappa shape index (κ1) is 18.6. The van der Waals surface area contributed by atoms with Crippen molar-refractivity contribution in [2.45, 2.75) is 26.6 Å². The molecule has 8 heteroatoms. The Morgan fingerprint density at radius 2 is 2.07 bits per heavy atom. The highest BCUT2D eigenvalue weighted by atomic mass is 19.4. The summed E-state index contributed by atoms with van der Waals surface area (Å²) in [4.78, 5) is 12.8. The van der Waals surface area contributed by atoms with E-state index in [4.69, 9.17) is 9.47 Å². The predicted molar refractivity (Wildman–Crippen MR) is 90.4 cm³/mol. The Kier molecular flexibility index (Phi) is 4.70. The molecule has 140 valence electrons. The van der Waals surface area contributed by atoms with E-state index in [9.17, 15) is 23.2 Å². The molecule has 27 heavy (non-hydrogen) atoms. The second-order valence-corrected chi connectivity index (χ2v) is 6.07. The monoisotopic (exact) mass is 376 g/mol. The number of aromatic nitrogens is 1. The number of carbonyl (C=O) groups is 1. The minimum absolute atomic E-state index is 0.0363. The van der Waals surface area contributed by atoms with E-state index in [2.05, 4.69) is 0 Å². The maximum atomic E-state index is 12.8. The van der Waals surface area contributed by atoms with Gasteiger partial charge in [-0.15, -0.1) is 0 Å². The number of benzene rings is 1. The van der Waals surface area contributed by atoms with E-state index >= 15 is 0 Å². The molecule has 2 heterocycles. The molecular formula is C19H15F3N2O3. The van der Waals surface area contributed by atoms with E-state index in [1.165, 1.54) is 26.0 Å². The molecule has 1 aliphatic heterocycles. The molecule has 3 rings (SSSR count). The van der Waals surface area contributed by atoms with Gasteiger partial charge in [-0.3, -0.25) is 4.79 Å². The van der Waals surface area contributed by atoms with Crippen LogP contribution >= 0.6 is 0 Å². The van der Waals surface area contributed by atoms with Crippen LogP contribution in [0.15, 0.2) is 29.8 Å². The van der Waals surface area contributed by atoms with Gasteiger partial charge in [0.05, 0.1) is 0 Å². The SMILES string of the molecule is Cc1cc(C(=O)/C(C#N)=C/c2cccc3c2OCO3)c(C)n1CC(F)(F)F. The van der Waals surface area contributed by atoms with Gasteiger partial charge >= 0.3 is 6.18 Å². The number of para-hydroxylation sites is 1. The summed E-state index contributed by atoms with van der Waals surface area (Å²) in [7, 11) is 0. The Morgan fingerprint density at radius 3 is 2.74 bits per heavy atom. The van der Waals surface area contributed by atoms with Crippen LogP contribution in [-0.4, -0.2) is 23.3 Å². The first-order chi connectivity index (χ1) is 12.7. The fourth-order valence-electron chi connectivity index (χ4n) is 2.97. The van der Waals surface area contributed by atoms with Gasteiger partial charge in [0.1, 0.15) is 18.2 Å². The summed E-state index contributed by atoms with van der Waals surface area (Å²) in [5.74, 6) is 0.271. The Morgan fingerprint density at radius 1 is 1.33 bits per heavy atom. The van der Waals surface area contributed by atoms with Crippen molar-refractivity contribution in [2.75, 3.05) is 6.79 Å². The molecule has 0 fully saturated rings. The fourth-order valence-corrected chi connectivity index (χ4v) is 2.97. The largest absolute Gasteiger partial charge is 0.454 e. The predicted octanol–water partition coefficient (Wildman–Crippen LogP) is 4.19. The van der Waals surface area contributed by atoms with Crippen molar-refractivity contribution in [1.29, 1.82) is 5.26 Å². The van der Waals surface area contributed by atoms with Crippen LogP contribution in [0.1, 0.15) is 27.3 Å². The summed E-state index contributed by atoms with van der Waals surface area (Å²) in [6.07, 6.45) is -3.06. The van der Waals surface area contributed by atoms with Crippen molar-refractivity contribution >= 4 is 11.9 Å². The Hall–Kier alpha value is -3.21. The summed E-state index contributed by atoms with van der Waals surface area (Å²) in [6.45, 7) is 1.76. The lowest BCUT2D eigenvalue weighted by Gasteiger charge is -2.12. The summed E-state index contributed by atoms with van der Waals surface area (Å²) < 4.78 is 49.9. The van der Waals surface area contributed by atoms with Gasteiger partial charge in [-0.05, 0) is 32.1 Å². The van der Waals surface area contributed by atoms with Crippen LogP contribution in [0, 0.1) is 25.2 Å². The highest BCUT2D eigenvalue weighted by Gasteiger charge is 2.31. The highest BCUT2D eigenvalue weighted by molar-refractivity contribution is 6.15. The topological polar surface area (TPSA) is 64.2 Å². The molecule has 0 spiro atoms. The van der Waals surface area contributed by atoms with Crippen molar-refractivity contribution in [2.24, 2.45) is 0 Å². The third-order valence-electron chi connectivity index (χ3n) is 4.25. The maximum Gasteiger partial charge on any atom is 0.406 e. The molecule has 0 N–H and O–H groups in total. The van der Waals surface area contributed by atoms with Crippen LogP contribution in [0.25, 0.3) is 6.08 Å². The zero-order chi connectivity index (χ0) is 19.8. The summed E-state index contributed by atoms with van der Waals surface area (Å²) in [5, 5.41) is 9.42. The lowest BCUT2D eigenvalue weighted by Crippen LogP contribution is -2.19. The zero-order valence-corrected chi connectivity index (χ0v) is 14.6. The molecule has 0 bridgehead atoms. The van der Waals surface area contributed by atoms with E-state index in [1.54, 1.807) is 18.2 Å². The minimum Gasteiger partial charge on any atom is -0.454 e. The van der Waals surface area contributed by atoms with Crippen LogP contribution in [0.5, 0.6) is 11.5 Å². The maximum absolute atomic E-state index is 12.8. The number of nitrogens with zero attached hydrogens (tertiary/aromatic N) is 2. The molecule has 0 atom stereocenters. The van der Waals surface area contributed by atoms with Crippen molar-refractivity contribution in [3.63, 3.8) is 0 Å². The molecular weight excluding hydrogens is 361 g/mol. The average molecular weight is 376 g/mol. The number of ketones is 1. The molecule has 1 aromatic heterocycles. The molecule has 0 aliphatic carbocycles. The van der Waals surface area contributed by atoms with Gasteiger partial charge in [-0.2, -0.15) is 18.4 Å². The number of Topliss-reactive ketones (excluding diaryl/α,β-unsaturated/α-hetero) is 1. The first-order valence-corrected chi connectivity index (χ1v) is 8.00. The number of aryl methyl sites for hydroxylation is 1. The van der Waals surface area contributed by atoms with Gasteiger partial charge < -0.3 is 14.0 Å². The number of nitriles is 1. The highest BCUT2D eigenvalue weighted by Crippen LogP contribution is 2.36. The number of carbonyl (C=O) groups excluding carboxylic acids is 1. The molecule has 0 radical (unpaired) electrons. The van der Waals surface area contributed by atoms with E-state index in [0.29, 0.717) is 22.8 Å². The molecule has 0 unspecified atom stereocenters. The average Bonchev–Trinajstić information content (AvgIpc) is 3.18. The number of rotatable bonds is 4. The third kappa shape index (κ3) is 3.67. The number of halogens is 3. The Balaban J connectivity index is 1.99. The van der Waals surface area contributed by atoms with Gasteiger partial charge in [0.25, 0.3) is 0 Å². The molecule has 2 aromatic rings.